The normalized spacial score (nSPS) is 18.6. The van der Waals surface area contributed by atoms with Gasteiger partial charge in [0.1, 0.15) is 18.4 Å². The maximum Gasteiger partial charge on any atom is 0.137 e. The van der Waals surface area contributed by atoms with Crippen LogP contribution in [0, 0.1) is 11.3 Å². The van der Waals surface area contributed by atoms with Crippen LogP contribution in [0.4, 0.5) is 0 Å². The first kappa shape index (κ1) is 11.9. The van der Waals surface area contributed by atoms with Gasteiger partial charge < -0.3 is 9.47 Å². The first-order valence-corrected chi connectivity index (χ1v) is 5.99. The lowest BCUT2D eigenvalue weighted by Gasteiger charge is -2.26. The molecule has 1 aliphatic rings. The van der Waals surface area contributed by atoms with Crippen LogP contribution in [0.3, 0.4) is 0 Å². The molecule has 1 aromatic rings. The Labute approximate surface area is 102 Å². The molecule has 1 atom stereocenters. The van der Waals surface area contributed by atoms with E-state index >= 15 is 0 Å². The Kier molecular flexibility index (Phi) is 3.65. The maximum absolute atomic E-state index is 9.10. The van der Waals surface area contributed by atoms with Crippen molar-refractivity contribution in [2.24, 2.45) is 0 Å². The zero-order valence-electron chi connectivity index (χ0n) is 10.3. The number of rotatable bonds is 4. The molecule has 1 aromatic carbocycles. The topological polar surface area (TPSA) is 42.2 Å². The van der Waals surface area contributed by atoms with Gasteiger partial charge in [-0.25, -0.2) is 0 Å². The Morgan fingerprint density at radius 1 is 1.53 bits per heavy atom. The number of hydrogen-bond donors (Lipinski definition) is 0. The molecular formula is C14H17NO2. The van der Waals surface area contributed by atoms with Crippen molar-refractivity contribution >= 4 is 0 Å². The third-order valence-electron chi connectivity index (χ3n) is 3.01. The zero-order chi connectivity index (χ0) is 12.3. The molecule has 17 heavy (non-hydrogen) atoms. The number of benzene rings is 1. The third-order valence-corrected chi connectivity index (χ3v) is 3.01. The van der Waals surface area contributed by atoms with Crippen molar-refractivity contribution in [3.63, 3.8) is 0 Å². The van der Waals surface area contributed by atoms with E-state index in [-0.39, 0.29) is 6.10 Å². The summed E-state index contributed by atoms with van der Waals surface area (Å²) in [7, 11) is 0. The lowest BCUT2D eigenvalue weighted by Crippen LogP contribution is -2.32. The van der Waals surface area contributed by atoms with Crippen LogP contribution in [0.2, 0.25) is 0 Å². The van der Waals surface area contributed by atoms with E-state index in [1.807, 2.05) is 18.2 Å². The fourth-order valence-corrected chi connectivity index (χ4v) is 1.72. The molecule has 0 aromatic heterocycles. The van der Waals surface area contributed by atoms with Crippen molar-refractivity contribution in [3.05, 3.63) is 29.3 Å². The molecule has 1 aliphatic heterocycles. The molecular weight excluding hydrogens is 214 g/mol. The minimum absolute atomic E-state index is 0.200. The van der Waals surface area contributed by atoms with Gasteiger partial charge in [0, 0.05) is 13.0 Å². The fraction of sp³-hybridized carbons (Fsp3) is 0.500. The predicted octanol–water partition coefficient (Wildman–Crippen LogP) is 2.85. The zero-order valence-corrected chi connectivity index (χ0v) is 10.3. The van der Waals surface area contributed by atoms with Crippen molar-refractivity contribution in [1.82, 2.24) is 0 Å². The van der Waals surface area contributed by atoms with Crippen molar-refractivity contribution in [1.29, 1.82) is 5.26 Å². The van der Waals surface area contributed by atoms with E-state index in [2.05, 4.69) is 19.9 Å². The number of ether oxygens (including phenoxy) is 2. The third kappa shape index (κ3) is 2.78. The second-order valence-electron chi connectivity index (χ2n) is 4.61. The van der Waals surface area contributed by atoms with E-state index in [1.165, 1.54) is 0 Å². The molecule has 3 nitrogen and oxygen atoms in total. The largest absolute Gasteiger partial charge is 0.489 e. The van der Waals surface area contributed by atoms with E-state index in [4.69, 9.17) is 14.7 Å². The van der Waals surface area contributed by atoms with Gasteiger partial charge in [0.05, 0.1) is 11.7 Å². The highest BCUT2D eigenvalue weighted by molar-refractivity contribution is 5.46. The Bertz CT molecular complexity index is 430. The van der Waals surface area contributed by atoms with E-state index in [0.29, 0.717) is 23.8 Å². The van der Waals surface area contributed by atoms with Crippen molar-refractivity contribution < 1.29 is 9.47 Å². The molecule has 0 spiro atoms. The lowest BCUT2D eigenvalue weighted by molar-refractivity contribution is -0.0721. The van der Waals surface area contributed by atoms with Gasteiger partial charge in [0.15, 0.2) is 0 Å². The summed E-state index contributed by atoms with van der Waals surface area (Å²) in [6.45, 7) is 5.58. The first-order chi connectivity index (χ1) is 8.20. The maximum atomic E-state index is 9.10. The van der Waals surface area contributed by atoms with Gasteiger partial charge in [-0.3, -0.25) is 0 Å². The minimum atomic E-state index is 0.200. The number of nitriles is 1. The molecule has 1 unspecified atom stereocenters. The summed E-state index contributed by atoms with van der Waals surface area (Å²) < 4.78 is 10.9. The minimum Gasteiger partial charge on any atom is -0.489 e. The Morgan fingerprint density at radius 2 is 2.29 bits per heavy atom. The Balaban J connectivity index is 2.07. The summed E-state index contributed by atoms with van der Waals surface area (Å²) in [4.78, 5) is 0. The molecule has 0 aliphatic carbocycles. The summed E-state index contributed by atoms with van der Waals surface area (Å²) >= 11 is 0. The van der Waals surface area contributed by atoms with Crippen LogP contribution in [0.15, 0.2) is 18.2 Å². The van der Waals surface area contributed by atoms with Crippen LogP contribution in [0.1, 0.15) is 37.3 Å². The Morgan fingerprint density at radius 3 is 2.82 bits per heavy atom. The standard InChI is InChI=1S/C14H17NO2/c1-10(2)11-3-4-14(12(7-11)8-15)17-9-13-5-6-16-13/h3-4,7,10,13H,5-6,9H2,1-2H3. The van der Waals surface area contributed by atoms with Crippen LogP contribution >= 0.6 is 0 Å². The van der Waals surface area contributed by atoms with Crippen LogP contribution < -0.4 is 4.74 Å². The van der Waals surface area contributed by atoms with Crippen LogP contribution in [0.25, 0.3) is 0 Å². The smallest absolute Gasteiger partial charge is 0.137 e. The molecule has 3 heteroatoms. The second-order valence-corrected chi connectivity index (χ2v) is 4.61. The summed E-state index contributed by atoms with van der Waals surface area (Å²) in [6.07, 6.45) is 1.25. The van der Waals surface area contributed by atoms with Gasteiger partial charge in [0.2, 0.25) is 0 Å². The Hall–Kier alpha value is -1.53. The summed E-state index contributed by atoms with van der Waals surface area (Å²) in [6, 6.07) is 7.99. The van der Waals surface area contributed by atoms with Gasteiger partial charge in [-0.1, -0.05) is 19.9 Å². The van der Waals surface area contributed by atoms with Gasteiger partial charge in [0.25, 0.3) is 0 Å². The highest BCUT2D eigenvalue weighted by atomic mass is 16.5. The average molecular weight is 231 g/mol. The highest BCUT2D eigenvalue weighted by Crippen LogP contribution is 2.24. The summed E-state index contributed by atoms with van der Waals surface area (Å²) in [5.41, 5.74) is 1.77. The lowest BCUT2D eigenvalue weighted by atomic mass is 10.0. The molecule has 0 saturated carbocycles. The van der Waals surface area contributed by atoms with Crippen LogP contribution in [-0.4, -0.2) is 19.3 Å². The van der Waals surface area contributed by atoms with Crippen LogP contribution in [0.5, 0.6) is 5.75 Å². The molecule has 0 amide bonds. The van der Waals surface area contributed by atoms with Gasteiger partial charge >= 0.3 is 0 Å². The van der Waals surface area contributed by atoms with E-state index in [0.717, 1.165) is 18.6 Å². The monoisotopic (exact) mass is 231 g/mol. The second kappa shape index (κ2) is 5.20. The number of hydrogen-bond acceptors (Lipinski definition) is 3. The van der Waals surface area contributed by atoms with Crippen LogP contribution in [-0.2, 0) is 4.74 Å². The molecule has 90 valence electrons. The molecule has 0 N–H and O–H groups in total. The van der Waals surface area contributed by atoms with Gasteiger partial charge in [-0.2, -0.15) is 5.26 Å². The molecule has 0 bridgehead atoms. The van der Waals surface area contributed by atoms with Crippen molar-refractivity contribution in [2.75, 3.05) is 13.2 Å². The van der Waals surface area contributed by atoms with Crippen molar-refractivity contribution in [2.45, 2.75) is 32.3 Å². The molecule has 1 heterocycles. The van der Waals surface area contributed by atoms with E-state index in [1.54, 1.807) is 0 Å². The quantitative estimate of drug-likeness (QED) is 0.800. The summed E-state index contributed by atoms with van der Waals surface area (Å²) in [5.74, 6) is 1.08. The van der Waals surface area contributed by atoms with E-state index in [9.17, 15) is 0 Å². The van der Waals surface area contributed by atoms with Gasteiger partial charge in [-0.15, -0.1) is 0 Å². The SMILES string of the molecule is CC(C)c1ccc(OCC2CCO2)c(C#N)c1. The van der Waals surface area contributed by atoms with E-state index < -0.39 is 0 Å². The molecule has 0 radical (unpaired) electrons. The molecule has 2 rings (SSSR count). The average Bonchev–Trinajstić information content (AvgIpc) is 2.27. The fourth-order valence-electron chi connectivity index (χ4n) is 1.72. The summed E-state index contributed by atoms with van der Waals surface area (Å²) in [5, 5.41) is 9.10. The first-order valence-electron chi connectivity index (χ1n) is 5.99. The molecule has 1 fully saturated rings. The molecule has 1 saturated heterocycles. The highest BCUT2D eigenvalue weighted by Gasteiger charge is 2.19. The van der Waals surface area contributed by atoms with Gasteiger partial charge in [-0.05, 0) is 23.6 Å². The predicted molar refractivity (Wildman–Crippen MR) is 65.1 cm³/mol. The van der Waals surface area contributed by atoms with Crippen molar-refractivity contribution in [3.8, 4) is 11.8 Å². The number of nitrogens with zero attached hydrogens (tertiary/aromatic N) is 1.